The minimum absolute atomic E-state index is 0.133. The normalized spacial score (nSPS) is 12.3. The number of nitrogens with zero attached hydrogens (tertiary/aromatic N) is 2. The van der Waals surface area contributed by atoms with Crippen LogP contribution < -0.4 is 4.74 Å². The number of hydrogen-bond donors (Lipinski definition) is 1. The maximum absolute atomic E-state index is 14.3. The van der Waals surface area contributed by atoms with Gasteiger partial charge in [0.05, 0.1) is 18.5 Å². The minimum Gasteiger partial charge on any atom is -0.497 e. The number of methoxy groups -OCH3 is 1. The van der Waals surface area contributed by atoms with Gasteiger partial charge in [0.25, 0.3) is 0 Å². The lowest BCUT2D eigenvalue weighted by Gasteiger charge is -2.19. The molecule has 26 heavy (non-hydrogen) atoms. The molecule has 0 fully saturated rings. The highest BCUT2D eigenvalue weighted by molar-refractivity contribution is 6.28. The summed E-state index contributed by atoms with van der Waals surface area (Å²) in [6.45, 7) is 3.43. The Morgan fingerprint density at radius 1 is 1.15 bits per heavy atom. The van der Waals surface area contributed by atoms with Crippen molar-refractivity contribution in [1.82, 2.24) is 9.55 Å². The van der Waals surface area contributed by atoms with Gasteiger partial charge in [-0.15, -0.1) is 0 Å². The fourth-order valence-corrected chi connectivity index (χ4v) is 3.27. The highest BCUT2D eigenvalue weighted by atomic mass is 35.5. The van der Waals surface area contributed by atoms with Gasteiger partial charge in [-0.2, -0.15) is 0 Å². The van der Waals surface area contributed by atoms with Crippen LogP contribution in [-0.4, -0.2) is 21.8 Å². The number of halogens is 3. The average Bonchev–Trinajstić information content (AvgIpc) is 2.88. The van der Waals surface area contributed by atoms with Gasteiger partial charge in [-0.05, 0) is 60.8 Å². The highest BCUT2D eigenvalue weighted by Crippen LogP contribution is 2.34. The molecule has 2 aromatic carbocycles. The summed E-state index contributed by atoms with van der Waals surface area (Å²) in [6.07, 6.45) is -1.18. The molecule has 0 saturated heterocycles. The molecule has 1 aromatic heterocycles. The molecule has 1 N–H and O–H groups in total. The van der Waals surface area contributed by atoms with Crippen molar-refractivity contribution in [3.8, 4) is 11.4 Å². The highest BCUT2D eigenvalue weighted by Gasteiger charge is 2.27. The lowest BCUT2D eigenvalue weighted by atomic mass is 9.99. The zero-order valence-corrected chi connectivity index (χ0v) is 15.2. The molecule has 1 heterocycles. The number of rotatable bonds is 4. The summed E-state index contributed by atoms with van der Waals surface area (Å²) in [7, 11) is 1.55. The molecule has 0 spiro atoms. The smallest absolute Gasteiger partial charge is 0.208 e. The molecule has 7 heteroatoms. The van der Waals surface area contributed by atoms with Gasteiger partial charge in [-0.1, -0.05) is 12.1 Å². The molecular formula is C19H17ClF2N2O2. The van der Waals surface area contributed by atoms with E-state index in [1.807, 2.05) is 6.92 Å². The fourth-order valence-electron chi connectivity index (χ4n) is 2.97. The van der Waals surface area contributed by atoms with Gasteiger partial charge in [0.1, 0.15) is 29.2 Å². The number of imidazole rings is 1. The van der Waals surface area contributed by atoms with Gasteiger partial charge in [0.15, 0.2) is 0 Å². The number of benzene rings is 2. The standard InChI is InChI=1S/C19H17ClF2N2O2/c1-10-9-12(26-3)7-8-13(10)18(25)16-11(2)23-19(20)24(16)17-14(21)5-4-6-15(17)22/h4-9,18,25H,1-3H3. The van der Waals surface area contributed by atoms with Crippen molar-refractivity contribution in [1.29, 1.82) is 0 Å². The van der Waals surface area contributed by atoms with Crippen molar-refractivity contribution in [3.63, 3.8) is 0 Å². The number of aromatic nitrogens is 2. The van der Waals surface area contributed by atoms with E-state index in [1.165, 1.54) is 6.07 Å². The van der Waals surface area contributed by atoms with E-state index in [2.05, 4.69) is 4.98 Å². The number of ether oxygens (including phenoxy) is 1. The first kappa shape index (κ1) is 18.4. The second-order valence-electron chi connectivity index (χ2n) is 5.88. The Labute approximate surface area is 154 Å². The second-order valence-corrected chi connectivity index (χ2v) is 6.22. The predicted octanol–water partition coefficient (Wildman–Crippen LogP) is 4.51. The summed E-state index contributed by atoms with van der Waals surface area (Å²) in [5.74, 6) is -0.963. The molecule has 0 bridgehead atoms. The molecular weight excluding hydrogens is 362 g/mol. The second kappa shape index (κ2) is 7.05. The van der Waals surface area contributed by atoms with Gasteiger partial charge < -0.3 is 9.84 Å². The van der Waals surface area contributed by atoms with Crippen molar-refractivity contribution in [3.05, 3.63) is 75.8 Å². The van der Waals surface area contributed by atoms with Crippen LogP contribution in [-0.2, 0) is 0 Å². The molecule has 1 atom stereocenters. The Balaban J connectivity index is 2.21. The SMILES string of the molecule is COc1ccc(C(O)c2c(C)nc(Cl)n2-c2c(F)cccc2F)c(C)c1. The van der Waals surface area contributed by atoms with Crippen LogP contribution in [0, 0.1) is 25.5 Å². The third-order valence-corrected chi connectivity index (χ3v) is 4.50. The van der Waals surface area contributed by atoms with Gasteiger partial charge in [0, 0.05) is 0 Å². The van der Waals surface area contributed by atoms with E-state index in [9.17, 15) is 13.9 Å². The Morgan fingerprint density at radius 3 is 2.38 bits per heavy atom. The monoisotopic (exact) mass is 378 g/mol. The van der Waals surface area contributed by atoms with E-state index in [4.69, 9.17) is 16.3 Å². The lowest BCUT2D eigenvalue weighted by molar-refractivity contribution is 0.211. The Morgan fingerprint density at radius 2 is 1.81 bits per heavy atom. The van der Waals surface area contributed by atoms with Crippen LogP contribution in [0.2, 0.25) is 5.28 Å². The third kappa shape index (κ3) is 3.06. The van der Waals surface area contributed by atoms with Gasteiger partial charge in [-0.3, -0.25) is 4.57 Å². The summed E-state index contributed by atoms with van der Waals surface area (Å²) < 4.78 is 34.9. The molecule has 136 valence electrons. The molecule has 3 aromatic rings. The first-order valence-electron chi connectivity index (χ1n) is 7.86. The van der Waals surface area contributed by atoms with Crippen LogP contribution in [0.25, 0.3) is 5.69 Å². The van der Waals surface area contributed by atoms with Crippen LogP contribution >= 0.6 is 11.6 Å². The number of aliphatic hydroxyl groups is 1. The summed E-state index contributed by atoms with van der Waals surface area (Å²) >= 11 is 6.14. The van der Waals surface area contributed by atoms with Crippen LogP contribution in [0.1, 0.15) is 28.6 Å². The summed E-state index contributed by atoms with van der Waals surface area (Å²) in [5, 5.41) is 10.8. The lowest BCUT2D eigenvalue weighted by Crippen LogP contribution is -2.12. The van der Waals surface area contributed by atoms with Crippen LogP contribution in [0.3, 0.4) is 0 Å². The first-order chi connectivity index (χ1) is 12.3. The fraction of sp³-hybridized carbons (Fsp3) is 0.211. The number of para-hydroxylation sites is 1. The molecule has 0 radical (unpaired) electrons. The molecule has 0 saturated carbocycles. The maximum Gasteiger partial charge on any atom is 0.208 e. The van der Waals surface area contributed by atoms with Crippen molar-refractivity contribution in [2.24, 2.45) is 0 Å². The number of aliphatic hydroxyl groups excluding tert-OH is 1. The summed E-state index contributed by atoms with van der Waals surface area (Å²) in [4.78, 5) is 4.09. The van der Waals surface area contributed by atoms with E-state index in [-0.39, 0.29) is 16.7 Å². The van der Waals surface area contributed by atoms with E-state index >= 15 is 0 Å². The maximum atomic E-state index is 14.3. The van der Waals surface area contributed by atoms with Gasteiger partial charge in [0.2, 0.25) is 5.28 Å². The van der Waals surface area contributed by atoms with Gasteiger partial charge >= 0.3 is 0 Å². The molecule has 0 aliphatic heterocycles. The van der Waals surface area contributed by atoms with E-state index in [0.29, 0.717) is 17.0 Å². The van der Waals surface area contributed by atoms with Crippen LogP contribution in [0.4, 0.5) is 8.78 Å². The zero-order chi connectivity index (χ0) is 19.0. The molecule has 3 rings (SSSR count). The summed E-state index contributed by atoms with van der Waals surface area (Å²) in [6, 6.07) is 8.67. The van der Waals surface area contributed by atoms with Crippen molar-refractivity contribution in [2.75, 3.05) is 7.11 Å². The van der Waals surface area contributed by atoms with E-state index in [0.717, 1.165) is 22.3 Å². The van der Waals surface area contributed by atoms with Crippen molar-refractivity contribution >= 4 is 11.6 Å². The Kier molecular flexibility index (Phi) is 4.98. The largest absolute Gasteiger partial charge is 0.497 e. The van der Waals surface area contributed by atoms with Gasteiger partial charge in [-0.25, -0.2) is 13.8 Å². The van der Waals surface area contributed by atoms with Crippen molar-refractivity contribution in [2.45, 2.75) is 20.0 Å². The Hall–Kier alpha value is -2.44. The van der Waals surface area contributed by atoms with Crippen molar-refractivity contribution < 1.29 is 18.6 Å². The Bertz CT molecular complexity index is 952. The topological polar surface area (TPSA) is 47.3 Å². The first-order valence-corrected chi connectivity index (χ1v) is 8.24. The number of hydrogen-bond acceptors (Lipinski definition) is 3. The molecule has 0 aliphatic rings. The van der Waals surface area contributed by atoms with Crippen LogP contribution in [0.15, 0.2) is 36.4 Å². The molecule has 1 unspecified atom stereocenters. The number of aryl methyl sites for hydroxylation is 2. The van der Waals surface area contributed by atoms with E-state index in [1.54, 1.807) is 32.2 Å². The molecule has 4 nitrogen and oxygen atoms in total. The quantitative estimate of drug-likeness (QED) is 0.726. The average molecular weight is 379 g/mol. The minimum atomic E-state index is -1.18. The predicted molar refractivity (Wildman–Crippen MR) is 95.0 cm³/mol. The van der Waals surface area contributed by atoms with Crippen LogP contribution in [0.5, 0.6) is 5.75 Å². The summed E-state index contributed by atoms with van der Waals surface area (Å²) in [5.41, 5.74) is 1.52. The molecule has 0 aliphatic carbocycles. The van der Waals surface area contributed by atoms with E-state index < -0.39 is 17.7 Å². The third-order valence-electron chi connectivity index (χ3n) is 4.25. The molecule has 0 amide bonds. The zero-order valence-electron chi connectivity index (χ0n) is 14.4.